The van der Waals surface area contributed by atoms with Crippen molar-refractivity contribution in [3.05, 3.63) is 89.6 Å². The van der Waals surface area contributed by atoms with Gasteiger partial charge in [-0.3, -0.25) is 9.59 Å². The van der Waals surface area contributed by atoms with Crippen LogP contribution in [0, 0.1) is 11.3 Å². The summed E-state index contributed by atoms with van der Waals surface area (Å²) in [6.07, 6.45) is 1.70. The number of hydrogen-bond donors (Lipinski definition) is 2. The van der Waals surface area contributed by atoms with E-state index in [1.54, 1.807) is 29.3 Å². The van der Waals surface area contributed by atoms with Crippen molar-refractivity contribution in [3.8, 4) is 6.07 Å². The first-order valence-electron chi connectivity index (χ1n) is 12.4. The Morgan fingerprint density at radius 3 is 2.46 bits per heavy atom. The number of nitrogens with one attached hydrogen (secondary N) is 2. The highest BCUT2D eigenvalue weighted by Gasteiger charge is 2.29. The van der Waals surface area contributed by atoms with Crippen molar-refractivity contribution in [3.63, 3.8) is 0 Å². The van der Waals surface area contributed by atoms with Gasteiger partial charge >= 0.3 is 0 Å². The lowest BCUT2D eigenvalue weighted by atomic mass is 9.98. The van der Waals surface area contributed by atoms with Crippen LogP contribution in [0.5, 0.6) is 0 Å². The van der Waals surface area contributed by atoms with Crippen LogP contribution in [0.4, 0.5) is 11.5 Å². The van der Waals surface area contributed by atoms with E-state index >= 15 is 0 Å². The number of nitriles is 1. The van der Waals surface area contributed by atoms with Gasteiger partial charge < -0.3 is 20.4 Å². The van der Waals surface area contributed by atoms with E-state index in [-0.39, 0.29) is 23.8 Å². The maximum atomic E-state index is 13.4. The van der Waals surface area contributed by atoms with Crippen LogP contribution in [0.2, 0.25) is 0 Å². The molecule has 37 heavy (non-hydrogen) atoms. The number of nitrogens with zero attached hydrogens (tertiary/aromatic N) is 4. The fraction of sp³-hybridized carbons (Fsp3) is 0.310. The smallest absolute Gasteiger partial charge is 0.247 e. The van der Waals surface area contributed by atoms with Crippen LogP contribution >= 0.6 is 0 Å². The lowest BCUT2D eigenvalue weighted by Crippen LogP contribution is -2.54. The van der Waals surface area contributed by atoms with E-state index in [9.17, 15) is 9.59 Å². The lowest BCUT2D eigenvalue weighted by Gasteiger charge is -2.38. The fourth-order valence-corrected chi connectivity index (χ4v) is 4.50. The van der Waals surface area contributed by atoms with Crippen LogP contribution in [0.25, 0.3) is 0 Å². The van der Waals surface area contributed by atoms with Crippen LogP contribution in [0.15, 0.2) is 72.9 Å². The molecule has 3 atom stereocenters. The average molecular weight is 497 g/mol. The molecule has 1 aromatic heterocycles. The number of amides is 2. The Hall–Kier alpha value is -4.22. The van der Waals surface area contributed by atoms with Gasteiger partial charge in [0.1, 0.15) is 17.9 Å². The van der Waals surface area contributed by atoms with E-state index in [2.05, 4.69) is 28.6 Å². The maximum absolute atomic E-state index is 13.4. The summed E-state index contributed by atoms with van der Waals surface area (Å²) >= 11 is 0. The van der Waals surface area contributed by atoms with Crippen molar-refractivity contribution < 1.29 is 9.59 Å². The number of carbonyl (C=O) groups excluding carboxylic acids is 2. The predicted molar refractivity (Wildman–Crippen MR) is 144 cm³/mol. The standard InChI is InChI=1S/C29H32N6O2/c1-20(23-11-9-22(17-30)10-12-23)18-32-27(24-7-5-4-6-8-24)28(36)33-26-14-13-25(19-31-26)35-16-15-34(3)29(37)21(35)2/h4-14,19-21,27,32H,15-16,18H2,1-3H3,(H,31,33,36)/t20-,21-,27+/m1/s1. The minimum absolute atomic E-state index is 0.0793. The van der Waals surface area contributed by atoms with Crippen molar-refractivity contribution in [1.82, 2.24) is 15.2 Å². The molecule has 0 saturated carbocycles. The van der Waals surface area contributed by atoms with Gasteiger partial charge in [0.25, 0.3) is 0 Å². The molecule has 3 aromatic rings. The van der Waals surface area contributed by atoms with Crippen molar-refractivity contribution in [2.45, 2.75) is 31.8 Å². The first-order valence-corrected chi connectivity index (χ1v) is 12.4. The Bertz CT molecular complexity index is 1250. The Morgan fingerprint density at radius 2 is 1.81 bits per heavy atom. The highest BCUT2D eigenvalue weighted by Crippen LogP contribution is 2.23. The van der Waals surface area contributed by atoms with Gasteiger partial charge in [0.05, 0.1) is 23.5 Å². The molecule has 0 radical (unpaired) electrons. The summed E-state index contributed by atoms with van der Waals surface area (Å²) < 4.78 is 0. The van der Waals surface area contributed by atoms with Crippen LogP contribution in [-0.2, 0) is 9.59 Å². The molecule has 2 aromatic carbocycles. The van der Waals surface area contributed by atoms with Crippen molar-refractivity contribution >= 4 is 23.3 Å². The van der Waals surface area contributed by atoms with Gasteiger partial charge in [0.2, 0.25) is 11.8 Å². The Labute approximate surface area is 217 Å². The predicted octanol–water partition coefficient (Wildman–Crippen LogP) is 3.69. The summed E-state index contributed by atoms with van der Waals surface area (Å²) in [7, 11) is 1.81. The topological polar surface area (TPSA) is 101 Å². The number of pyridine rings is 1. The number of piperazine rings is 1. The number of aromatic nitrogens is 1. The summed E-state index contributed by atoms with van der Waals surface area (Å²) in [6.45, 7) is 5.93. The van der Waals surface area contributed by atoms with Gasteiger partial charge in [-0.05, 0) is 48.2 Å². The number of hydrogen-bond acceptors (Lipinski definition) is 6. The minimum atomic E-state index is -0.571. The summed E-state index contributed by atoms with van der Waals surface area (Å²) in [5.41, 5.74) is 3.42. The molecule has 0 aliphatic carbocycles. The molecule has 0 unspecified atom stereocenters. The number of carbonyl (C=O) groups is 2. The summed E-state index contributed by atoms with van der Waals surface area (Å²) in [4.78, 5) is 33.9. The van der Waals surface area contributed by atoms with Crippen LogP contribution in [0.3, 0.4) is 0 Å². The maximum Gasteiger partial charge on any atom is 0.247 e. The second kappa shape index (κ2) is 11.7. The number of likely N-dealkylation sites (N-methyl/N-ethyl adjacent to an activating group) is 1. The average Bonchev–Trinajstić information content (AvgIpc) is 2.93. The molecule has 190 valence electrons. The third-order valence-corrected chi connectivity index (χ3v) is 6.84. The molecule has 2 heterocycles. The van der Waals surface area contributed by atoms with Crippen molar-refractivity contribution in [2.24, 2.45) is 0 Å². The second-order valence-electron chi connectivity index (χ2n) is 9.41. The van der Waals surface area contributed by atoms with Gasteiger partial charge in [0, 0.05) is 26.7 Å². The molecular formula is C29H32N6O2. The van der Waals surface area contributed by atoms with E-state index in [0.717, 1.165) is 23.4 Å². The number of benzene rings is 2. The molecule has 8 nitrogen and oxygen atoms in total. The SMILES string of the molecule is C[C@H](CN[C@H](C(=O)Nc1ccc(N2CCN(C)C(=O)[C@H]2C)cn1)c1ccccc1)c1ccc(C#N)cc1. The first-order chi connectivity index (χ1) is 17.9. The molecule has 2 N–H and O–H groups in total. The van der Waals surface area contributed by atoms with E-state index in [0.29, 0.717) is 24.5 Å². The highest BCUT2D eigenvalue weighted by molar-refractivity contribution is 5.95. The third-order valence-electron chi connectivity index (χ3n) is 6.84. The largest absolute Gasteiger partial charge is 0.357 e. The molecule has 4 rings (SSSR count). The van der Waals surface area contributed by atoms with Gasteiger partial charge in [-0.25, -0.2) is 4.98 Å². The Balaban J connectivity index is 1.44. The zero-order valence-electron chi connectivity index (χ0n) is 21.4. The number of anilines is 2. The van der Waals surface area contributed by atoms with Gasteiger partial charge in [-0.15, -0.1) is 0 Å². The zero-order valence-corrected chi connectivity index (χ0v) is 21.4. The highest BCUT2D eigenvalue weighted by atomic mass is 16.2. The second-order valence-corrected chi connectivity index (χ2v) is 9.41. The van der Waals surface area contributed by atoms with Gasteiger partial charge in [-0.1, -0.05) is 49.4 Å². The molecule has 1 saturated heterocycles. The zero-order chi connectivity index (χ0) is 26.4. The number of rotatable bonds is 8. The van der Waals surface area contributed by atoms with Gasteiger partial charge in [-0.2, -0.15) is 5.26 Å². The molecule has 2 amide bonds. The normalized spacial score (nSPS) is 17.1. The molecule has 0 bridgehead atoms. The lowest BCUT2D eigenvalue weighted by molar-refractivity contribution is -0.132. The van der Waals surface area contributed by atoms with E-state index in [4.69, 9.17) is 5.26 Å². The first kappa shape index (κ1) is 25.9. The van der Waals surface area contributed by atoms with Crippen molar-refractivity contribution in [1.29, 1.82) is 5.26 Å². The van der Waals surface area contributed by atoms with E-state index < -0.39 is 6.04 Å². The van der Waals surface area contributed by atoms with Crippen LogP contribution in [0.1, 0.15) is 42.5 Å². The molecule has 8 heteroatoms. The van der Waals surface area contributed by atoms with Crippen LogP contribution < -0.4 is 15.5 Å². The van der Waals surface area contributed by atoms with Crippen LogP contribution in [-0.4, -0.2) is 54.4 Å². The molecule has 1 fully saturated rings. The Morgan fingerprint density at radius 1 is 1.08 bits per heavy atom. The fourth-order valence-electron chi connectivity index (χ4n) is 4.50. The summed E-state index contributed by atoms with van der Waals surface area (Å²) in [5.74, 6) is 0.458. The van der Waals surface area contributed by atoms with E-state index in [1.807, 2.05) is 67.4 Å². The summed E-state index contributed by atoms with van der Waals surface area (Å²) in [6, 6.07) is 22.1. The summed E-state index contributed by atoms with van der Waals surface area (Å²) in [5, 5.41) is 15.4. The quantitative estimate of drug-likeness (QED) is 0.493. The third kappa shape index (κ3) is 6.13. The molecule has 0 spiro atoms. The van der Waals surface area contributed by atoms with Crippen molar-refractivity contribution in [2.75, 3.05) is 36.9 Å². The molecular weight excluding hydrogens is 464 g/mol. The minimum Gasteiger partial charge on any atom is -0.357 e. The monoisotopic (exact) mass is 496 g/mol. The molecule has 1 aliphatic rings. The Kier molecular flexibility index (Phi) is 8.16. The van der Waals surface area contributed by atoms with E-state index in [1.165, 1.54) is 0 Å². The molecule has 1 aliphatic heterocycles. The van der Waals surface area contributed by atoms with Gasteiger partial charge in [0.15, 0.2) is 0 Å².